The molecule has 0 unspecified atom stereocenters. The van der Waals surface area contributed by atoms with Gasteiger partial charge in [-0.05, 0) is 50.1 Å². The van der Waals surface area contributed by atoms with E-state index in [4.69, 9.17) is 0 Å². The van der Waals surface area contributed by atoms with Crippen LogP contribution in [0, 0.1) is 6.92 Å². The third kappa shape index (κ3) is 4.88. The Morgan fingerprint density at radius 1 is 1.04 bits per heavy atom. The minimum absolute atomic E-state index is 0.0737. The first kappa shape index (κ1) is 18.5. The van der Waals surface area contributed by atoms with E-state index < -0.39 is 0 Å². The van der Waals surface area contributed by atoms with Crippen LogP contribution in [0.5, 0.6) is 0 Å². The molecule has 1 fully saturated rings. The van der Waals surface area contributed by atoms with Crippen LogP contribution in [0.1, 0.15) is 48.5 Å². The summed E-state index contributed by atoms with van der Waals surface area (Å²) in [6.07, 6.45) is 4.44. The van der Waals surface area contributed by atoms with E-state index in [9.17, 15) is 9.59 Å². The van der Waals surface area contributed by atoms with Crippen molar-refractivity contribution in [2.45, 2.75) is 55.4 Å². The Morgan fingerprint density at radius 3 is 2.38 bits per heavy atom. The van der Waals surface area contributed by atoms with Crippen LogP contribution in [0.3, 0.4) is 0 Å². The Kier molecular flexibility index (Phi) is 5.99. The molecule has 0 heterocycles. The lowest BCUT2D eigenvalue weighted by Crippen LogP contribution is -2.32. The highest BCUT2D eigenvalue weighted by atomic mass is 32.2. The number of nitrogens with one attached hydrogen (secondary N) is 2. The predicted octanol–water partition coefficient (Wildman–Crippen LogP) is 4.78. The third-order valence-electron chi connectivity index (χ3n) is 4.49. The topological polar surface area (TPSA) is 58.2 Å². The van der Waals surface area contributed by atoms with Crippen molar-refractivity contribution in [1.29, 1.82) is 0 Å². The van der Waals surface area contributed by atoms with E-state index in [1.54, 1.807) is 17.8 Å². The molecule has 0 saturated heterocycles. The number of amides is 2. The van der Waals surface area contributed by atoms with Crippen molar-refractivity contribution in [3.8, 4) is 0 Å². The van der Waals surface area contributed by atoms with Crippen LogP contribution in [0.2, 0.25) is 0 Å². The van der Waals surface area contributed by atoms with Gasteiger partial charge >= 0.3 is 0 Å². The molecule has 2 N–H and O–H groups in total. The van der Waals surface area contributed by atoms with Crippen molar-refractivity contribution in [1.82, 2.24) is 5.32 Å². The SMILES string of the molecule is CC(=O)Nc1cc(C(=O)NC2CCCC2)ccc1Sc1ccc(C)cc1. The summed E-state index contributed by atoms with van der Waals surface area (Å²) < 4.78 is 0. The Balaban J connectivity index is 1.81. The lowest BCUT2D eigenvalue weighted by molar-refractivity contribution is -0.114. The van der Waals surface area contributed by atoms with Gasteiger partial charge in [-0.1, -0.05) is 42.3 Å². The van der Waals surface area contributed by atoms with Crippen LogP contribution >= 0.6 is 11.8 Å². The summed E-state index contributed by atoms with van der Waals surface area (Å²) in [5.41, 5.74) is 2.45. The lowest BCUT2D eigenvalue weighted by atomic mass is 10.1. The number of aryl methyl sites for hydroxylation is 1. The van der Waals surface area contributed by atoms with Gasteiger partial charge in [0.25, 0.3) is 5.91 Å². The van der Waals surface area contributed by atoms with Crippen molar-refractivity contribution in [2.24, 2.45) is 0 Å². The second-order valence-electron chi connectivity index (χ2n) is 6.76. The smallest absolute Gasteiger partial charge is 0.251 e. The summed E-state index contributed by atoms with van der Waals surface area (Å²) in [6.45, 7) is 3.53. The van der Waals surface area contributed by atoms with Gasteiger partial charge in [0.1, 0.15) is 0 Å². The monoisotopic (exact) mass is 368 g/mol. The zero-order chi connectivity index (χ0) is 18.5. The molecule has 1 aliphatic carbocycles. The largest absolute Gasteiger partial charge is 0.349 e. The van der Waals surface area contributed by atoms with Gasteiger partial charge in [0.2, 0.25) is 5.91 Å². The third-order valence-corrected chi connectivity index (χ3v) is 5.58. The van der Waals surface area contributed by atoms with Gasteiger partial charge in [-0.3, -0.25) is 9.59 Å². The number of carbonyl (C=O) groups is 2. The van der Waals surface area contributed by atoms with E-state index in [0.717, 1.165) is 22.6 Å². The molecule has 1 saturated carbocycles. The second kappa shape index (κ2) is 8.41. The molecule has 0 radical (unpaired) electrons. The van der Waals surface area contributed by atoms with Gasteiger partial charge in [0.15, 0.2) is 0 Å². The molecule has 0 bridgehead atoms. The molecule has 136 valence electrons. The standard InChI is InChI=1S/C21H24N2O2S/c1-14-7-10-18(11-8-14)26-20-12-9-16(13-19(20)22-15(2)24)21(25)23-17-5-3-4-6-17/h7-13,17H,3-6H2,1-2H3,(H,22,24)(H,23,25). The molecule has 0 atom stereocenters. The van der Waals surface area contributed by atoms with Gasteiger partial charge in [-0.2, -0.15) is 0 Å². The van der Waals surface area contributed by atoms with Gasteiger partial charge in [0, 0.05) is 28.3 Å². The van der Waals surface area contributed by atoms with Gasteiger partial charge in [-0.15, -0.1) is 0 Å². The average Bonchev–Trinajstić information content (AvgIpc) is 3.11. The van der Waals surface area contributed by atoms with Gasteiger partial charge in [-0.25, -0.2) is 0 Å². The van der Waals surface area contributed by atoms with Crippen molar-refractivity contribution in [3.63, 3.8) is 0 Å². The second-order valence-corrected chi connectivity index (χ2v) is 7.88. The molecule has 2 aromatic rings. The minimum Gasteiger partial charge on any atom is -0.349 e. The quantitative estimate of drug-likeness (QED) is 0.799. The van der Waals surface area contributed by atoms with Crippen LogP contribution in [-0.2, 0) is 4.79 Å². The van der Waals surface area contributed by atoms with E-state index in [1.807, 2.05) is 12.1 Å². The van der Waals surface area contributed by atoms with Crippen molar-refractivity contribution in [3.05, 3.63) is 53.6 Å². The molecule has 3 rings (SSSR count). The van der Waals surface area contributed by atoms with E-state index in [2.05, 4.69) is 41.8 Å². The number of benzene rings is 2. The molecule has 0 aliphatic heterocycles. The summed E-state index contributed by atoms with van der Waals surface area (Å²) in [7, 11) is 0. The fourth-order valence-corrected chi connectivity index (χ4v) is 4.00. The summed E-state index contributed by atoms with van der Waals surface area (Å²) in [6, 6.07) is 14.0. The Hall–Kier alpha value is -2.27. The van der Waals surface area contributed by atoms with Crippen molar-refractivity contribution >= 4 is 29.3 Å². The molecule has 4 nitrogen and oxygen atoms in total. The minimum atomic E-state index is -0.149. The Labute approximate surface area is 158 Å². The van der Waals surface area contributed by atoms with E-state index in [0.29, 0.717) is 11.3 Å². The molecule has 0 spiro atoms. The summed E-state index contributed by atoms with van der Waals surface area (Å²) in [5, 5.41) is 5.95. The fraction of sp³-hybridized carbons (Fsp3) is 0.333. The van der Waals surface area contributed by atoms with E-state index in [1.165, 1.54) is 25.3 Å². The first-order valence-electron chi connectivity index (χ1n) is 8.98. The predicted molar refractivity (Wildman–Crippen MR) is 106 cm³/mol. The van der Waals surface area contributed by atoms with Gasteiger partial charge < -0.3 is 10.6 Å². The van der Waals surface area contributed by atoms with Crippen LogP contribution in [0.25, 0.3) is 0 Å². The molecular weight excluding hydrogens is 344 g/mol. The number of rotatable bonds is 5. The number of hydrogen-bond acceptors (Lipinski definition) is 3. The zero-order valence-electron chi connectivity index (χ0n) is 15.2. The average molecular weight is 369 g/mol. The number of hydrogen-bond donors (Lipinski definition) is 2. The van der Waals surface area contributed by atoms with Crippen LogP contribution in [-0.4, -0.2) is 17.9 Å². The maximum absolute atomic E-state index is 12.5. The molecule has 2 aromatic carbocycles. The molecule has 0 aromatic heterocycles. The van der Waals surface area contributed by atoms with Crippen molar-refractivity contribution in [2.75, 3.05) is 5.32 Å². The number of carbonyl (C=O) groups excluding carboxylic acids is 2. The highest BCUT2D eigenvalue weighted by Gasteiger charge is 2.19. The van der Waals surface area contributed by atoms with E-state index in [-0.39, 0.29) is 17.9 Å². The maximum atomic E-state index is 12.5. The molecular formula is C21H24N2O2S. The molecule has 2 amide bonds. The first-order valence-corrected chi connectivity index (χ1v) is 9.80. The zero-order valence-corrected chi connectivity index (χ0v) is 16.0. The Bertz CT molecular complexity index is 796. The Morgan fingerprint density at radius 2 is 1.73 bits per heavy atom. The van der Waals surface area contributed by atoms with Crippen LogP contribution in [0.15, 0.2) is 52.3 Å². The molecule has 1 aliphatic rings. The molecule has 5 heteroatoms. The maximum Gasteiger partial charge on any atom is 0.251 e. The normalized spacial score (nSPS) is 14.2. The number of anilines is 1. The highest BCUT2D eigenvalue weighted by molar-refractivity contribution is 7.99. The van der Waals surface area contributed by atoms with E-state index >= 15 is 0 Å². The fourth-order valence-electron chi connectivity index (χ4n) is 3.12. The lowest BCUT2D eigenvalue weighted by Gasteiger charge is -2.15. The first-order chi connectivity index (χ1) is 12.5. The van der Waals surface area contributed by atoms with Crippen LogP contribution < -0.4 is 10.6 Å². The summed E-state index contributed by atoms with van der Waals surface area (Å²) >= 11 is 1.57. The van der Waals surface area contributed by atoms with Crippen LogP contribution in [0.4, 0.5) is 5.69 Å². The summed E-state index contributed by atoms with van der Waals surface area (Å²) in [4.78, 5) is 26.1. The van der Waals surface area contributed by atoms with Gasteiger partial charge in [0.05, 0.1) is 5.69 Å². The summed E-state index contributed by atoms with van der Waals surface area (Å²) in [5.74, 6) is -0.223. The van der Waals surface area contributed by atoms with Crippen molar-refractivity contribution < 1.29 is 9.59 Å². The highest BCUT2D eigenvalue weighted by Crippen LogP contribution is 2.34. The molecule has 26 heavy (non-hydrogen) atoms.